The van der Waals surface area contributed by atoms with E-state index in [1.807, 2.05) is 18.2 Å². The topological polar surface area (TPSA) is 12.0 Å². The quantitative estimate of drug-likeness (QED) is 0.859. The van der Waals surface area contributed by atoms with Crippen LogP contribution in [0.3, 0.4) is 0 Å². The van der Waals surface area contributed by atoms with E-state index in [0.29, 0.717) is 0 Å². The second-order valence-electron chi connectivity index (χ2n) is 3.79. The SMILES string of the molecule is Fc1cc(NCCc2ccccc2)ccc1Cl. The fourth-order valence-electron chi connectivity index (χ4n) is 1.60. The Balaban J connectivity index is 1.88. The lowest BCUT2D eigenvalue weighted by molar-refractivity contribution is 0.628. The lowest BCUT2D eigenvalue weighted by Gasteiger charge is -2.07. The summed E-state index contributed by atoms with van der Waals surface area (Å²) in [6, 6.07) is 14.9. The molecule has 0 heterocycles. The van der Waals surface area contributed by atoms with Gasteiger partial charge in [0.05, 0.1) is 5.02 Å². The van der Waals surface area contributed by atoms with E-state index >= 15 is 0 Å². The van der Waals surface area contributed by atoms with Gasteiger partial charge in [0.25, 0.3) is 0 Å². The van der Waals surface area contributed by atoms with E-state index < -0.39 is 5.82 Å². The van der Waals surface area contributed by atoms with Crippen molar-refractivity contribution in [3.8, 4) is 0 Å². The third-order valence-corrected chi connectivity index (χ3v) is 2.81. The third kappa shape index (κ3) is 3.46. The minimum absolute atomic E-state index is 0.151. The predicted molar refractivity (Wildman–Crippen MR) is 70.0 cm³/mol. The van der Waals surface area contributed by atoms with Gasteiger partial charge in [-0.2, -0.15) is 0 Å². The average Bonchev–Trinajstić information content (AvgIpc) is 2.35. The Bertz CT molecular complexity index is 485. The minimum Gasteiger partial charge on any atom is -0.385 e. The molecule has 1 nitrogen and oxygen atoms in total. The number of nitrogens with one attached hydrogen (secondary N) is 1. The largest absolute Gasteiger partial charge is 0.385 e. The predicted octanol–water partition coefficient (Wildman–Crippen LogP) is 4.13. The van der Waals surface area contributed by atoms with Crippen molar-refractivity contribution in [1.82, 2.24) is 0 Å². The van der Waals surface area contributed by atoms with Gasteiger partial charge in [0, 0.05) is 12.2 Å². The van der Waals surface area contributed by atoms with Crippen molar-refractivity contribution in [3.63, 3.8) is 0 Å². The zero-order chi connectivity index (χ0) is 12.1. The molecule has 0 aliphatic heterocycles. The summed E-state index contributed by atoms with van der Waals surface area (Å²) >= 11 is 5.61. The van der Waals surface area contributed by atoms with Crippen molar-refractivity contribution < 1.29 is 4.39 Å². The van der Waals surface area contributed by atoms with Gasteiger partial charge in [0.1, 0.15) is 5.82 Å². The van der Waals surface area contributed by atoms with Crippen LogP contribution in [-0.4, -0.2) is 6.54 Å². The fourth-order valence-corrected chi connectivity index (χ4v) is 1.72. The van der Waals surface area contributed by atoms with Crippen molar-refractivity contribution in [2.75, 3.05) is 11.9 Å². The van der Waals surface area contributed by atoms with E-state index in [4.69, 9.17) is 11.6 Å². The highest BCUT2D eigenvalue weighted by atomic mass is 35.5. The van der Waals surface area contributed by atoms with Crippen molar-refractivity contribution in [3.05, 3.63) is 64.9 Å². The Morgan fingerprint density at radius 1 is 1.06 bits per heavy atom. The molecule has 0 aliphatic carbocycles. The summed E-state index contributed by atoms with van der Waals surface area (Å²) in [6.45, 7) is 0.769. The standard InChI is InChI=1S/C14H13ClFN/c15-13-7-6-12(10-14(13)16)17-9-8-11-4-2-1-3-5-11/h1-7,10,17H,8-9H2. The molecule has 0 saturated heterocycles. The number of halogens is 2. The Hall–Kier alpha value is -1.54. The molecule has 17 heavy (non-hydrogen) atoms. The highest BCUT2D eigenvalue weighted by Gasteiger charge is 2.00. The van der Waals surface area contributed by atoms with E-state index in [0.717, 1.165) is 18.7 Å². The molecule has 1 N–H and O–H groups in total. The molecule has 2 rings (SSSR count). The normalized spacial score (nSPS) is 10.2. The Morgan fingerprint density at radius 2 is 1.82 bits per heavy atom. The monoisotopic (exact) mass is 249 g/mol. The van der Waals surface area contributed by atoms with Crippen LogP contribution in [0.4, 0.5) is 10.1 Å². The summed E-state index contributed by atoms with van der Waals surface area (Å²) in [5, 5.41) is 3.31. The van der Waals surface area contributed by atoms with Crippen LogP contribution in [0.5, 0.6) is 0 Å². The van der Waals surface area contributed by atoms with Gasteiger partial charge in [0.2, 0.25) is 0 Å². The molecule has 0 atom stereocenters. The molecular weight excluding hydrogens is 237 g/mol. The van der Waals surface area contributed by atoms with Gasteiger partial charge >= 0.3 is 0 Å². The maximum atomic E-state index is 13.2. The van der Waals surface area contributed by atoms with E-state index in [-0.39, 0.29) is 5.02 Å². The molecule has 88 valence electrons. The Morgan fingerprint density at radius 3 is 2.53 bits per heavy atom. The Kier molecular flexibility index (Phi) is 3.99. The molecule has 0 spiro atoms. The molecule has 3 heteroatoms. The molecular formula is C14H13ClFN. The van der Waals surface area contributed by atoms with Gasteiger partial charge in [-0.1, -0.05) is 41.9 Å². The number of anilines is 1. The summed E-state index contributed by atoms with van der Waals surface area (Å²) in [5.74, 6) is -0.392. The highest BCUT2D eigenvalue weighted by molar-refractivity contribution is 6.30. The molecule has 0 unspecified atom stereocenters. The lowest BCUT2D eigenvalue weighted by atomic mass is 10.1. The fraction of sp³-hybridized carbons (Fsp3) is 0.143. The maximum absolute atomic E-state index is 13.2. The number of rotatable bonds is 4. The molecule has 0 aliphatic rings. The lowest BCUT2D eigenvalue weighted by Crippen LogP contribution is -2.04. The second kappa shape index (κ2) is 5.69. The highest BCUT2D eigenvalue weighted by Crippen LogP contribution is 2.18. The van der Waals surface area contributed by atoms with Crippen LogP contribution in [-0.2, 0) is 6.42 Å². The third-order valence-electron chi connectivity index (χ3n) is 2.51. The van der Waals surface area contributed by atoms with Gasteiger partial charge in [-0.3, -0.25) is 0 Å². The summed E-state index contributed by atoms with van der Waals surface area (Å²) in [5.41, 5.74) is 2.01. The van der Waals surface area contributed by atoms with Gasteiger partial charge in [-0.05, 0) is 30.2 Å². The first-order valence-electron chi connectivity index (χ1n) is 5.48. The van der Waals surface area contributed by atoms with Crippen molar-refractivity contribution in [1.29, 1.82) is 0 Å². The number of benzene rings is 2. The number of hydrogen-bond acceptors (Lipinski definition) is 1. The van der Waals surface area contributed by atoms with Crippen LogP contribution in [0.25, 0.3) is 0 Å². The first-order chi connectivity index (χ1) is 8.25. The average molecular weight is 250 g/mol. The van der Waals surface area contributed by atoms with Crippen LogP contribution < -0.4 is 5.32 Å². The van der Waals surface area contributed by atoms with Crippen LogP contribution in [0, 0.1) is 5.82 Å². The maximum Gasteiger partial charge on any atom is 0.143 e. The molecule has 2 aromatic carbocycles. The summed E-state index contributed by atoms with van der Waals surface area (Å²) in [7, 11) is 0. The van der Waals surface area contributed by atoms with E-state index in [1.54, 1.807) is 12.1 Å². The summed E-state index contributed by atoms with van der Waals surface area (Å²) in [6.07, 6.45) is 0.908. The number of hydrogen-bond donors (Lipinski definition) is 1. The molecule has 0 radical (unpaired) electrons. The molecule has 0 bridgehead atoms. The van der Waals surface area contributed by atoms with Gasteiger partial charge in [0.15, 0.2) is 0 Å². The zero-order valence-corrected chi connectivity index (χ0v) is 10.0. The molecule has 0 saturated carbocycles. The first kappa shape index (κ1) is 11.9. The van der Waals surface area contributed by atoms with Crippen LogP contribution in [0.2, 0.25) is 5.02 Å². The first-order valence-corrected chi connectivity index (χ1v) is 5.86. The summed E-state index contributed by atoms with van der Waals surface area (Å²) in [4.78, 5) is 0. The minimum atomic E-state index is -0.392. The van der Waals surface area contributed by atoms with Crippen molar-refractivity contribution in [2.45, 2.75) is 6.42 Å². The van der Waals surface area contributed by atoms with Gasteiger partial charge in [-0.15, -0.1) is 0 Å². The smallest absolute Gasteiger partial charge is 0.143 e. The van der Waals surface area contributed by atoms with Crippen LogP contribution in [0.1, 0.15) is 5.56 Å². The van der Waals surface area contributed by atoms with Crippen molar-refractivity contribution >= 4 is 17.3 Å². The molecule has 0 fully saturated rings. The van der Waals surface area contributed by atoms with Crippen molar-refractivity contribution in [2.24, 2.45) is 0 Å². The van der Waals surface area contributed by atoms with Crippen LogP contribution in [0.15, 0.2) is 48.5 Å². The van der Waals surface area contributed by atoms with E-state index in [9.17, 15) is 4.39 Å². The second-order valence-corrected chi connectivity index (χ2v) is 4.20. The van der Waals surface area contributed by atoms with Gasteiger partial charge < -0.3 is 5.32 Å². The molecule has 2 aromatic rings. The Labute approximate surface area is 105 Å². The molecule has 0 amide bonds. The van der Waals surface area contributed by atoms with Gasteiger partial charge in [-0.25, -0.2) is 4.39 Å². The zero-order valence-electron chi connectivity index (χ0n) is 9.29. The van der Waals surface area contributed by atoms with Crippen LogP contribution >= 0.6 is 11.6 Å². The van der Waals surface area contributed by atoms with E-state index in [2.05, 4.69) is 17.4 Å². The molecule has 0 aromatic heterocycles. The summed E-state index contributed by atoms with van der Waals surface area (Å²) < 4.78 is 13.2. The van der Waals surface area contributed by atoms with E-state index in [1.165, 1.54) is 11.6 Å².